The van der Waals surface area contributed by atoms with Crippen molar-refractivity contribution < 1.29 is 9.53 Å². The van der Waals surface area contributed by atoms with Crippen LogP contribution in [0.4, 0.5) is 4.79 Å². The first kappa shape index (κ1) is 26.7. The van der Waals surface area contributed by atoms with Crippen molar-refractivity contribution in [2.75, 3.05) is 33.8 Å². The molecule has 0 aromatic rings. The summed E-state index contributed by atoms with van der Waals surface area (Å²) in [5.74, 6) is 0. The number of nitrogens with one attached hydrogen (secondary N) is 1. The van der Waals surface area contributed by atoms with Crippen LogP contribution in [-0.2, 0) is 4.74 Å². The molecule has 0 bridgehead atoms. The summed E-state index contributed by atoms with van der Waals surface area (Å²) < 4.78 is 5.13. The third-order valence-electron chi connectivity index (χ3n) is 4.63. The molecule has 1 amide bonds. The second kappa shape index (κ2) is 22.0. The molecule has 0 aromatic carbocycles. The highest BCUT2D eigenvalue weighted by Gasteiger charge is 2.00. The van der Waals surface area contributed by atoms with Gasteiger partial charge in [-0.2, -0.15) is 0 Å². The van der Waals surface area contributed by atoms with Crippen LogP contribution in [0.15, 0.2) is 24.3 Å². The summed E-state index contributed by atoms with van der Waals surface area (Å²) in [6, 6.07) is 0. The molecule has 0 aromatic heterocycles. The average Bonchev–Trinajstić information content (AvgIpc) is 2.67. The lowest BCUT2D eigenvalue weighted by Gasteiger charge is -2.10. The molecular weight excluding hydrogens is 348 g/mol. The predicted octanol–water partition coefficient (Wildman–Crippen LogP) is 6.48. The van der Waals surface area contributed by atoms with E-state index in [1.165, 1.54) is 64.2 Å². The Morgan fingerprint density at radius 3 is 2.07 bits per heavy atom. The largest absolute Gasteiger partial charge is 0.450 e. The highest BCUT2D eigenvalue weighted by atomic mass is 16.5. The molecule has 0 rings (SSSR count). The van der Waals surface area contributed by atoms with Crippen LogP contribution in [0.2, 0.25) is 0 Å². The van der Waals surface area contributed by atoms with Crippen molar-refractivity contribution in [3.8, 4) is 0 Å². The molecule has 0 heterocycles. The quantitative estimate of drug-likeness (QED) is 0.201. The fourth-order valence-electron chi connectivity index (χ4n) is 2.90. The zero-order valence-electron chi connectivity index (χ0n) is 18.9. The third kappa shape index (κ3) is 22.8. The van der Waals surface area contributed by atoms with Gasteiger partial charge in [0.05, 0.1) is 6.61 Å². The number of ether oxygens (including phenoxy) is 1. The zero-order valence-corrected chi connectivity index (χ0v) is 18.9. The van der Waals surface area contributed by atoms with E-state index in [0.29, 0.717) is 6.61 Å². The minimum Gasteiger partial charge on any atom is -0.450 e. The van der Waals surface area contributed by atoms with Crippen molar-refractivity contribution in [3.05, 3.63) is 24.3 Å². The number of hydrogen-bond acceptors (Lipinski definition) is 3. The summed E-state index contributed by atoms with van der Waals surface area (Å²) in [5, 5.41) is 2.83. The first-order chi connectivity index (χ1) is 13.7. The Hall–Kier alpha value is -1.29. The first-order valence-corrected chi connectivity index (χ1v) is 11.5. The second-order valence-corrected chi connectivity index (χ2v) is 7.80. The van der Waals surface area contributed by atoms with E-state index in [-0.39, 0.29) is 6.09 Å². The van der Waals surface area contributed by atoms with Gasteiger partial charge in [0.25, 0.3) is 0 Å². The maximum Gasteiger partial charge on any atom is 0.407 e. The molecule has 0 aliphatic carbocycles. The Labute approximate surface area is 174 Å². The van der Waals surface area contributed by atoms with E-state index >= 15 is 0 Å². The predicted molar refractivity (Wildman–Crippen MR) is 122 cm³/mol. The number of hydrogen-bond donors (Lipinski definition) is 1. The maximum atomic E-state index is 11.5. The molecule has 164 valence electrons. The van der Waals surface area contributed by atoms with E-state index < -0.39 is 0 Å². The normalized spacial score (nSPS) is 11.7. The highest BCUT2D eigenvalue weighted by molar-refractivity contribution is 5.66. The van der Waals surface area contributed by atoms with E-state index in [4.69, 9.17) is 4.74 Å². The fraction of sp³-hybridized carbons (Fsp3) is 0.792. The summed E-state index contributed by atoms with van der Waals surface area (Å²) in [5.41, 5.74) is 0. The molecule has 28 heavy (non-hydrogen) atoms. The smallest absolute Gasteiger partial charge is 0.407 e. The third-order valence-corrected chi connectivity index (χ3v) is 4.63. The molecule has 4 heteroatoms. The number of alkyl carbamates (subject to hydrolysis) is 1. The summed E-state index contributed by atoms with van der Waals surface area (Å²) in [6.07, 6.45) is 24.7. The van der Waals surface area contributed by atoms with E-state index in [1.807, 2.05) is 14.1 Å². The van der Waals surface area contributed by atoms with Gasteiger partial charge in [-0.25, -0.2) is 4.79 Å². The van der Waals surface area contributed by atoms with Crippen LogP contribution in [0, 0.1) is 0 Å². The Kier molecular flexibility index (Phi) is 21.0. The molecule has 0 unspecified atom stereocenters. The maximum absolute atomic E-state index is 11.5. The number of amides is 1. The monoisotopic (exact) mass is 394 g/mol. The molecule has 0 radical (unpaired) electrons. The molecule has 0 aliphatic rings. The van der Waals surface area contributed by atoms with Crippen molar-refractivity contribution in [2.45, 2.75) is 90.4 Å². The van der Waals surface area contributed by atoms with Gasteiger partial charge < -0.3 is 15.0 Å². The van der Waals surface area contributed by atoms with Crippen molar-refractivity contribution in [1.82, 2.24) is 10.2 Å². The number of carbonyl (C=O) groups excluding carboxylic acids is 1. The van der Waals surface area contributed by atoms with E-state index in [9.17, 15) is 4.79 Å². The molecule has 0 spiro atoms. The Bertz CT molecular complexity index is 392. The Morgan fingerprint density at radius 2 is 1.43 bits per heavy atom. The summed E-state index contributed by atoms with van der Waals surface area (Å²) in [4.78, 5) is 13.6. The second-order valence-electron chi connectivity index (χ2n) is 7.80. The first-order valence-electron chi connectivity index (χ1n) is 11.5. The Morgan fingerprint density at radius 1 is 0.821 bits per heavy atom. The van der Waals surface area contributed by atoms with Crippen LogP contribution in [0.1, 0.15) is 90.4 Å². The highest BCUT2D eigenvalue weighted by Crippen LogP contribution is 2.08. The van der Waals surface area contributed by atoms with Crippen molar-refractivity contribution in [2.24, 2.45) is 0 Å². The van der Waals surface area contributed by atoms with E-state index in [2.05, 4.69) is 41.4 Å². The number of carbonyl (C=O) groups is 1. The lowest BCUT2D eigenvalue weighted by Crippen LogP contribution is -2.26. The van der Waals surface area contributed by atoms with Crippen molar-refractivity contribution in [1.29, 1.82) is 0 Å². The average molecular weight is 395 g/mol. The van der Waals surface area contributed by atoms with Crippen molar-refractivity contribution in [3.63, 3.8) is 0 Å². The van der Waals surface area contributed by atoms with Crippen LogP contribution in [0.5, 0.6) is 0 Å². The fourth-order valence-corrected chi connectivity index (χ4v) is 2.90. The topological polar surface area (TPSA) is 41.6 Å². The van der Waals surface area contributed by atoms with Crippen LogP contribution in [0.25, 0.3) is 0 Å². The van der Waals surface area contributed by atoms with Gasteiger partial charge in [-0.05, 0) is 59.0 Å². The number of nitrogens with zero attached hydrogens (tertiary/aromatic N) is 1. The van der Waals surface area contributed by atoms with Crippen LogP contribution < -0.4 is 5.32 Å². The van der Waals surface area contributed by atoms with Gasteiger partial charge >= 0.3 is 6.09 Å². The lowest BCUT2D eigenvalue weighted by atomic mass is 10.1. The molecule has 4 nitrogen and oxygen atoms in total. The molecule has 0 aliphatic heterocycles. The summed E-state index contributed by atoms with van der Waals surface area (Å²) in [7, 11) is 4.04. The van der Waals surface area contributed by atoms with Gasteiger partial charge in [-0.15, -0.1) is 0 Å². The van der Waals surface area contributed by atoms with Gasteiger partial charge in [0.1, 0.15) is 0 Å². The number of rotatable bonds is 19. The lowest BCUT2D eigenvalue weighted by molar-refractivity contribution is 0.141. The minimum absolute atomic E-state index is 0.277. The van der Waals surface area contributed by atoms with Gasteiger partial charge in [0, 0.05) is 13.1 Å². The van der Waals surface area contributed by atoms with Crippen LogP contribution in [-0.4, -0.2) is 44.8 Å². The van der Waals surface area contributed by atoms with Crippen LogP contribution >= 0.6 is 0 Å². The van der Waals surface area contributed by atoms with E-state index in [0.717, 1.165) is 32.4 Å². The van der Waals surface area contributed by atoms with Crippen LogP contribution in [0.3, 0.4) is 0 Å². The van der Waals surface area contributed by atoms with Gasteiger partial charge in [-0.3, -0.25) is 0 Å². The summed E-state index contributed by atoms with van der Waals surface area (Å²) >= 11 is 0. The number of allylic oxidation sites excluding steroid dienone is 4. The van der Waals surface area contributed by atoms with E-state index in [1.54, 1.807) is 0 Å². The SMILES string of the molecule is CCCCC/C=C\C/C=C\CCCCCCCCNC(=O)OCCCN(C)C. The molecule has 1 N–H and O–H groups in total. The van der Waals surface area contributed by atoms with Gasteiger partial charge in [0.2, 0.25) is 0 Å². The molecular formula is C24H46N2O2. The molecule has 0 saturated carbocycles. The van der Waals surface area contributed by atoms with Gasteiger partial charge in [0.15, 0.2) is 0 Å². The zero-order chi connectivity index (χ0) is 20.7. The molecule has 0 atom stereocenters. The molecule has 0 fully saturated rings. The molecule has 0 saturated heterocycles. The number of unbranched alkanes of at least 4 members (excludes halogenated alkanes) is 9. The minimum atomic E-state index is -0.277. The van der Waals surface area contributed by atoms with Crippen molar-refractivity contribution >= 4 is 6.09 Å². The standard InChI is InChI=1S/C24H46N2O2/c1-4-5-6-7-8-9-10-11-12-13-14-15-16-17-18-19-21-25-24(27)28-23-20-22-26(2)3/h8-9,11-12H,4-7,10,13-23H2,1-3H3,(H,25,27)/b9-8-,12-11-. The summed E-state index contributed by atoms with van der Waals surface area (Å²) in [6.45, 7) is 4.41. The Balaban J connectivity index is 3.24. The van der Waals surface area contributed by atoms with Gasteiger partial charge in [-0.1, -0.05) is 69.8 Å².